The third-order valence-corrected chi connectivity index (χ3v) is 7.24. The molecule has 1 aromatic heterocycles. The molecule has 0 spiro atoms. The maximum Gasteiger partial charge on any atom is 0.421 e. The van der Waals surface area contributed by atoms with Crippen molar-refractivity contribution in [3.05, 3.63) is 77.0 Å². The van der Waals surface area contributed by atoms with Gasteiger partial charge >= 0.3 is 6.18 Å². The number of halogens is 3. The van der Waals surface area contributed by atoms with Crippen LogP contribution in [0, 0.1) is 0 Å². The van der Waals surface area contributed by atoms with E-state index in [0.29, 0.717) is 17.9 Å². The molecule has 210 valence electrons. The number of carbonyl (C=O) groups excluding carboxylic acids is 1. The predicted octanol–water partition coefficient (Wildman–Crippen LogP) is 5.18. The van der Waals surface area contributed by atoms with Gasteiger partial charge in [0.1, 0.15) is 17.1 Å². The summed E-state index contributed by atoms with van der Waals surface area (Å²) in [5.74, 6) is -0.148. The fourth-order valence-corrected chi connectivity index (χ4v) is 5.21. The van der Waals surface area contributed by atoms with Crippen molar-refractivity contribution in [2.45, 2.75) is 38.0 Å². The molecule has 3 N–H and O–H groups in total. The molecule has 1 aliphatic heterocycles. The summed E-state index contributed by atoms with van der Waals surface area (Å²) in [7, 11) is 3.60. The van der Waals surface area contributed by atoms with Crippen LogP contribution in [0.4, 0.5) is 30.6 Å². The normalized spacial score (nSPS) is 19.0. The summed E-state index contributed by atoms with van der Waals surface area (Å²) in [5.41, 5.74) is 3.58. The number of benzene rings is 2. The Morgan fingerprint density at radius 2 is 1.98 bits per heavy atom. The van der Waals surface area contributed by atoms with Crippen molar-refractivity contribution in [1.29, 1.82) is 0 Å². The highest BCUT2D eigenvalue weighted by molar-refractivity contribution is 5.75. The van der Waals surface area contributed by atoms with Gasteiger partial charge in [-0.05, 0) is 54.3 Å². The first kappa shape index (κ1) is 27.4. The number of ether oxygens (including phenoxy) is 1. The summed E-state index contributed by atoms with van der Waals surface area (Å²) in [6.45, 7) is 3.20. The molecule has 2 heterocycles. The number of anilines is 3. The topological polar surface area (TPSA) is 91.4 Å². The number of nitrogens with one attached hydrogen (secondary N) is 3. The molecule has 2 aromatic carbocycles. The quantitative estimate of drug-likeness (QED) is 0.372. The summed E-state index contributed by atoms with van der Waals surface area (Å²) in [6.07, 6.45) is -0.410. The standard InChI is InChI=1S/C29H31F3N6O2/c1-17(39)34-26-21-7-5-4-6-20(21)14-24(26)35-27-22(29(30,31)32)16-33-28(37-27)36-23-9-8-19(15-25(23)40-3)18-10-12-38(2)13-11-18/h4-10,15-16,24,26H,11-14H2,1-3H3,(H,34,39)(H2,33,35,36,37)/t24-,26-/m1/s1. The first-order chi connectivity index (χ1) is 19.1. The van der Waals surface area contributed by atoms with Gasteiger partial charge in [0, 0.05) is 26.2 Å². The van der Waals surface area contributed by atoms with Gasteiger partial charge < -0.3 is 25.6 Å². The van der Waals surface area contributed by atoms with Gasteiger partial charge in [0.25, 0.3) is 0 Å². The first-order valence-electron chi connectivity index (χ1n) is 13.0. The second-order valence-corrected chi connectivity index (χ2v) is 10.1. The lowest BCUT2D eigenvalue weighted by molar-refractivity contribution is -0.137. The average Bonchev–Trinajstić information content (AvgIpc) is 3.25. The van der Waals surface area contributed by atoms with E-state index in [1.54, 1.807) is 0 Å². The molecule has 2 aliphatic rings. The molecule has 5 rings (SSSR count). The number of hydrogen-bond donors (Lipinski definition) is 3. The summed E-state index contributed by atoms with van der Waals surface area (Å²) in [6, 6.07) is 12.1. The van der Waals surface area contributed by atoms with E-state index in [-0.39, 0.29) is 17.7 Å². The van der Waals surface area contributed by atoms with Crippen LogP contribution >= 0.6 is 0 Å². The Labute approximate surface area is 230 Å². The van der Waals surface area contributed by atoms with E-state index in [2.05, 4.69) is 43.9 Å². The summed E-state index contributed by atoms with van der Waals surface area (Å²) >= 11 is 0. The lowest BCUT2D eigenvalue weighted by atomic mass is 9.99. The van der Waals surface area contributed by atoms with E-state index in [4.69, 9.17) is 4.74 Å². The zero-order valence-electron chi connectivity index (χ0n) is 22.5. The van der Waals surface area contributed by atoms with Crippen molar-refractivity contribution in [3.63, 3.8) is 0 Å². The third kappa shape index (κ3) is 5.89. The highest BCUT2D eigenvalue weighted by atomic mass is 19.4. The Morgan fingerprint density at radius 3 is 2.67 bits per heavy atom. The number of alkyl halides is 3. The van der Waals surface area contributed by atoms with Crippen LogP contribution in [-0.2, 0) is 17.4 Å². The van der Waals surface area contributed by atoms with Crippen LogP contribution in [0.2, 0.25) is 0 Å². The van der Waals surface area contributed by atoms with Crippen LogP contribution in [0.5, 0.6) is 5.75 Å². The minimum Gasteiger partial charge on any atom is -0.495 e. The molecular formula is C29H31F3N6O2. The number of likely N-dealkylation sites (N-methyl/N-ethyl adjacent to an activating group) is 1. The monoisotopic (exact) mass is 552 g/mol. The number of aromatic nitrogens is 2. The highest BCUT2D eigenvalue weighted by Gasteiger charge is 2.39. The molecule has 0 unspecified atom stereocenters. The zero-order valence-corrected chi connectivity index (χ0v) is 22.5. The molecular weight excluding hydrogens is 521 g/mol. The molecule has 1 aliphatic carbocycles. The fraction of sp³-hybridized carbons (Fsp3) is 0.345. The molecule has 8 nitrogen and oxygen atoms in total. The van der Waals surface area contributed by atoms with Crippen molar-refractivity contribution < 1.29 is 22.7 Å². The smallest absolute Gasteiger partial charge is 0.421 e. The van der Waals surface area contributed by atoms with Gasteiger partial charge in [-0.1, -0.05) is 36.4 Å². The van der Waals surface area contributed by atoms with E-state index in [1.807, 2.05) is 42.5 Å². The van der Waals surface area contributed by atoms with Crippen molar-refractivity contribution in [1.82, 2.24) is 20.2 Å². The molecule has 40 heavy (non-hydrogen) atoms. The Kier molecular flexibility index (Phi) is 7.66. The van der Waals surface area contributed by atoms with Gasteiger partial charge in [-0.25, -0.2) is 4.98 Å². The van der Waals surface area contributed by atoms with Crippen molar-refractivity contribution in [2.75, 3.05) is 37.9 Å². The van der Waals surface area contributed by atoms with Crippen molar-refractivity contribution in [3.8, 4) is 5.75 Å². The number of amides is 1. The lowest BCUT2D eigenvalue weighted by Crippen LogP contribution is -2.37. The van der Waals surface area contributed by atoms with Crippen LogP contribution in [0.1, 0.15) is 41.6 Å². The molecule has 0 bridgehead atoms. The number of nitrogens with zero attached hydrogens (tertiary/aromatic N) is 3. The maximum absolute atomic E-state index is 14.0. The van der Waals surface area contributed by atoms with Gasteiger partial charge in [-0.2, -0.15) is 18.2 Å². The third-order valence-electron chi connectivity index (χ3n) is 7.24. The number of rotatable bonds is 7. The summed E-state index contributed by atoms with van der Waals surface area (Å²) in [5, 5.41) is 8.84. The van der Waals surface area contributed by atoms with Gasteiger partial charge in [0.05, 0.1) is 24.9 Å². The molecule has 0 radical (unpaired) electrons. The number of methoxy groups -OCH3 is 1. The second-order valence-electron chi connectivity index (χ2n) is 10.1. The Balaban J connectivity index is 1.43. The minimum atomic E-state index is -4.68. The summed E-state index contributed by atoms with van der Waals surface area (Å²) in [4.78, 5) is 22.3. The fourth-order valence-electron chi connectivity index (χ4n) is 5.21. The van der Waals surface area contributed by atoms with Crippen LogP contribution < -0.4 is 20.7 Å². The summed E-state index contributed by atoms with van der Waals surface area (Å²) < 4.78 is 47.5. The van der Waals surface area contributed by atoms with Crippen LogP contribution in [0.25, 0.3) is 5.57 Å². The van der Waals surface area contributed by atoms with Crippen LogP contribution in [0.15, 0.2) is 54.7 Å². The lowest BCUT2D eigenvalue weighted by Gasteiger charge is -2.25. The van der Waals surface area contributed by atoms with E-state index in [9.17, 15) is 18.0 Å². The predicted molar refractivity (Wildman–Crippen MR) is 148 cm³/mol. The molecule has 1 amide bonds. The second kappa shape index (κ2) is 11.2. The number of fused-ring (bicyclic) bond motifs is 1. The van der Waals surface area contributed by atoms with Crippen LogP contribution in [-0.4, -0.2) is 54.1 Å². The Morgan fingerprint density at radius 1 is 1.18 bits per heavy atom. The van der Waals surface area contributed by atoms with Gasteiger partial charge in [-0.3, -0.25) is 4.79 Å². The molecule has 0 fully saturated rings. The van der Waals surface area contributed by atoms with E-state index < -0.39 is 23.8 Å². The minimum absolute atomic E-state index is 0.0216. The Bertz CT molecular complexity index is 1440. The van der Waals surface area contributed by atoms with Gasteiger partial charge in [0.15, 0.2) is 0 Å². The molecule has 0 saturated heterocycles. The Hall–Kier alpha value is -4.12. The number of carbonyl (C=O) groups is 1. The van der Waals surface area contributed by atoms with Gasteiger partial charge in [-0.15, -0.1) is 0 Å². The molecule has 0 saturated carbocycles. The van der Waals surface area contributed by atoms with E-state index in [1.165, 1.54) is 19.6 Å². The maximum atomic E-state index is 14.0. The van der Waals surface area contributed by atoms with Crippen LogP contribution in [0.3, 0.4) is 0 Å². The first-order valence-corrected chi connectivity index (χ1v) is 13.0. The molecule has 2 atom stereocenters. The SMILES string of the molecule is COc1cc(C2=CCN(C)CC2)ccc1Nc1ncc(C(F)(F)F)c(N[C@@H]2Cc3ccccc3[C@H]2NC(C)=O)n1. The van der Waals surface area contributed by atoms with Crippen molar-refractivity contribution in [2.24, 2.45) is 0 Å². The molecule has 11 heteroatoms. The van der Waals surface area contributed by atoms with Crippen molar-refractivity contribution >= 4 is 28.9 Å². The zero-order chi connectivity index (χ0) is 28.4. The highest BCUT2D eigenvalue weighted by Crippen LogP contribution is 2.39. The average molecular weight is 553 g/mol. The van der Waals surface area contributed by atoms with Gasteiger partial charge in [0.2, 0.25) is 11.9 Å². The van der Waals surface area contributed by atoms with E-state index in [0.717, 1.165) is 42.4 Å². The largest absolute Gasteiger partial charge is 0.495 e. The van der Waals surface area contributed by atoms with E-state index >= 15 is 0 Å². The number of hydrogen-bond acceptors (Lipinski definition) is 7. The molecule has 3 aromatic rings.